The van der Waals surface area contributed by atoms with Gasteiger partial charge in [0.2, 0.25) is 11.3 Å². The molecule has 0 saturated heterocycles. The number of hydrogen-bond donors (Lipinski definition) is 1. The van der Waals surface area contributed by atoms with E-state index in [2.05, 4.69) is 25.6 Å². The summed E-state index contributed by atoms with van der Waals surface area (Å²) in [4.78, 5) is 24.6. The Bertz CT molecular complexity index is 1470. The van der Waals surface area contributed by atoms with Gasteiger partial charge in [0.15, 0.2) is 11.6 Å². The van der Waals surface area contributed by atoms with Gasteiger partial charge in [-0.2, -0.15) is 0 Å². The normalized spacial score (nSPS) is 11.1. The van der Waals surface area contributed by atoms with Crippen LogP contribution in [0.25, 0.3) is 17.0 Å². The van der Waals surface area contributed by atoms with Gasteiger partial charge in [-0.05, 0) is 48.4 Å². The van der Waals surface area contributed by atoms with Crippen molar-refractivity contribution in [3.8, 4) is 5.69 Å². The lowest BCUT2D eigenvalue weighted by atomic mass is 10.3. The molecule has 0 aliphatic carbocycles. The summed E-state index contributed by atoms with van der Waals surface area (Å²) in [7, 11) is 1.84. The third kappa shape index (κ3) is 3.51. The summed E-state index contributed by atoms with van der Waals surface area (Å²) in [5, 5.41) is 10.9. The monoisotopic (exact) mass is 442 g/mol. The molecule has 10 heteroatoms. The number of hydrogen-bond acceptors (Lipinski definition) is 8. The van der Waals surface area contributed by atoms with Gasteiger partial charge in [-0.3, -0.25) is 9.48 Å². The fourth-order valence-electron chi connectivity index (χ4n) is 3.79. The molecule has 3 heterocycles. The molecule has 0 bridgehead atoms. The van der Waals surface area contributed by atoms with Crippen molar-refractivity contribution in [3.63, 3.8) is 0 Å². The molecule has 0 saturated carbocycles. The maximum atomic E-state index is 13.4. The van der Waals surface area contributed by atoms with Gasteiger partial charge in [0.05, 0.1) is 11.4 Å². The van der Waals surface area contributed by atoms with Crippen LogP contribution in [0.5, 0.6) is 0 Å². The van der Waals surface area contributed by atoms with E-state index in [0.29, 0.717) is 23.9 Å². The van der Waals surface area contributed by atoms with Crippen LogP contribution in [0.4, 0.5) is 23.0 Å². The molecule has 5 aromatic rings. The van der Waals surface area contributed by atoms with Crippen LogP contribution in [0.2, 0.25) is 0 Å². The lowest BCUT2D eigenvalue weighted by molar-refractivity contribution is 0.314. The fraction of sp³-hybridized carbons (Fsp3) is 0.174. The van der Waals surface area contributed by atoms with Gasteiger partial charge in [-0.25, -0.2) is 19.3 Å². The maximum absolute atomic E-state index is 13.4. The quantitative estimate of drug-likeness (QED) is 0.424. The van der Waals surface area contributed by atoms with E-state index in [1.807, 2.05) is 86.5 Å². The minimum atomic E-state index is -0.199. The Morgan fingerprint density at radius 2 is 1.61 bits per heavy atom. The number of aromatic nitrogens is 6. The molecule has 0 unspecified atom stereocenters. The van der Waals surface area contributed by atoms with E-state index in [1.165, 1.54) is 0 Å². The third-order valence-electron chi connectivity index (χ3n) is 5.53. The average molecular weight is 442 g/mol. The van der Waals surface area contributed by atoms with Gasteiger partial charge < -0.3 is 10.2 Å². The van der Waals surface area contributed by atoms with Crippen LogP contribution >= 0.6 is 0 Å². The summed E-state index contributed by atoms with van der Waals surface area (Å²) in [5.74, 6) is 0.899. The molecule has 0 amide bonds. The highest BCUT2D eigenvalue weighted by molar-refractivity contribution is 5.80. The number of fused-ring (bicyclic) bond motifs is 1. The molecule has 0 spiro atoms. The number of anilines is 4. The Balaban J connectivity index is 1.66. The summed E-state index contributed by atoms with van der Waals surface area (Å²) in [5.41, 5.74) is 3.19. The zero-order valence-corrected chi connectivity index (χ0v) is 18.4. The SMILES string of the molecule is CCN(c1ccccc1)c1nc2nonc2nc1Nc1c(C)n(C)n(-c2ccccc2)c1=O. The second-order valence-corrected chi connectivity index (χ2v) is 7.45. The molecule has 1 N–H and O–H groups in total. The Labute approximate surface area is 189 Å². The molecule has 0 aliphatic heterocycles. The number of nitrogens with zero attached hydrogens (tertiary/aromatic N) is 7. The highest BCUT2D eigenvalue weighted by Gasteiger charge is 2.23. The van der Waals surface area contributed by atoms with Crippen molar-refractivity contribution in [3.05, 3.63) is 76.7 Å². The number of para-hydroxylation sites is 2. The smallest absolute Gasteiger partial charge is 0.295 e. The maximum Gasteiger partial charge on any atom is 0.295 e. The van der Waals surface area contributed by atoms with E-state index < -0.39 is 0 Å². The molecule has 2 aromatic carbocycles. The lowest BCUT2D eigenvalue weighted by Gasteiger charge is -2.23. The fourth-order valence-corrected chi connectivity index (χ4v) is 3.79. The largest absolute Gasteiger partial charge is 0.331 e. The molecular weight excluding hydrogens is 420 g/mol. The van der Waals surface area contributed by atoms with E-state index in [0.717, 1.165) is 17.1 Å². The topological polar surface area (TPSA) is 107 Å². The van der Waals surface area contributed by atoms with Crippen molar-refractivity contribution >= 4 is 34.3 Å². The lowest BCUT2D eigenvalue weighted by Crippen LogP contribution is -2.22. The van der Waals surface area contributed by atoms with Crippen molar-refractivity contribution in [1.29, 1.82) is 0 Å². The van der Waals surface area contributed by atoms with Crippen LogP contribution in [0.1, 0.15) is 12.6 Å². The first kappa shape index (κ1) is 20.4. The predicted octanol–water partition coefficient (Wildman–Crippen LogP) is 3.71. The van der Waals surface area contributed by atoms with Crippen molar-refractivity contribution < 1.29 is 4.63 Å². The number of rotatable bonds is 6. The minimum Gasteiger partial charge on any atom is -0.331 e. The van der Waals surface area contributed by atoms with E-state index in [1.54, 1.807) is 9.36 Å². The van der Waals surface area contributed by atoms with Gasteiger partial charge in [0.1, 0.15) is 5.69 Å². The van der Waals surface area contributed by atoms with E-state index in [4.69, 9.17) is 4.63 Å². The molecule has 3 aromatic heterocycles. The van der Waals surface area contributed by atoms with Crippen LogP contribution in [-0.2, 0) is 7.05 Å². The van der Waals surface area contributed by atoms with Gasteiger partial charge in [0, 0.05) is 19.3 Å². The highest BCUT2D eigenvalue weighted by Crippen LogP contribution is 2.32. The van der Waals surface area contributed by atoms with Crippen LogP contribution in [0, 0.1) is 6.92 Å². The third-order valence-corrected chi connectivity index (χ3v) is 5.53. The van der Waals surface area contributed by atoms with Crippen molar-refractivity contribution in [2.24, 2.45) is 7.05 Å². The van der Waals surface area contributed by atoms with Crippen LogP contribution in [-0.4, -0.2) is 36.2 Å². The Hall–Kier alpha value is -4.47. The summed E-state index contributed by atoms with van der Waals surface area (Å²) < 4.78 is 8.24. The van der Waals surface area contributed by atoms with Crippen LogP contribution in [0.3, 0.4) is 0 Å². The minimum absolute atomic E-state index is 0.199. The number of nitrogens with one attached hydrogen (secondary N) is 1. The first-order valence-electron chi connectivity index (χ1n) is 10.5. The van der Waals surface area contributed by atoms with Gasteiger partial charge >= 0.3 is 0 Å². The molecule has 10 nitrogen and oxygen atoms in total. The van der Waals surface area contributed by atoms with Gasteiger partial charge in [-0.1, -0.05) is 36.4 Å². The summed E-state index contributed by atoms with van der Waals surface area (Å²) in [6.45, 7) is 4.51. The molecule has 0 fully saturated rings. The van der Waals surface area contributed by atoms with Gasteiger partial charge in [0.25, 0.3) is 5.56 Å². The Kier molecular flexibility index (Phi) is 5.09. The first-order chi connectivity index (χ1) is 16.1. The molecule has 0 atom stereocenters. The van der Waals surface area contributed by atoms with E-state index in [-0.39, 0.29) is 16.9 Å². The van der Waals surface area contributed by atoms with E-state index in [9.17, 15) is 4.79 Å². The molecule has 0 aliphatic rings. The van der Waals surface area contributed by atoms with Crippen molar-refractivity contribution in [1.82, 2.24) is 29.6 Å². The second kappa shape index (κ2) is 8.23. The Morgan fingerprint density at radius 3 is 2.27 bits per heavy atom. The number of benzene rings is 2. The zero-order chi connectivity index (χ0) is 22.9. The molecule has 5 rings (SSSR count). The second-order valence-electron chi connectivity index (χ2n) is 7.45. The first-order valence-corrected chi connectivity index (χ1v) is 10.5. The standard InChI is InChI=1S/C23H22N8O2/c1-4-30(16-11-7-5-8-12-16)22-21(25-19-20(26-22)28-33-27-19)24-18-15(2)29(3)31(23(18)32)17-13-9-6-10-14-17/h5-14H,4H2,1-3H3,(H,24,25,27). The van der Waals surface area contributed by atoms with Crippen LogP contribution < -0.4 is 15.8 Å². The molecule has 166 valence electrons. The molecular formula is C23H22N8O2. The summed E-state index contributed by atoms with van der Waals surface area (Å²) in [6, 6.07) is 19.3. The molecule has 33 heavy (non-hydrogen) atoms. The van der Waals surface area contributed by atoms with Crippen molar-refractivity contribution in [2.75, 3.05) is 16.8 Å². The highest BCUT2D eigenvalue weighted by atomic mass is 16.6. The predicted molar refractivity (Wildman–Crippen MR) is 126 cm³/mol. The molecule has 0 radical (unpaired) electrons. The Morgan fingerprint density at radius 1 is 0.970 bits per heavy atom. The summed E-state index contributed by atoms with van der Waals surface area (Å²) >= 11 is 0. The summed E-state index contributed by atoms with van der Waals surface area (Å²) in [6.07, 6.45) is 0. The van der Waals surface area contributed by atoms with E-state index >= 15 is 0 Å². The zero-order valence-electron chi connectivity index (χ0n) is 18.4. The average Bonchev–Trinajstić information content (AvgIpc) is 3.38. The van der Waals surface area contributed by atoms with Gasteiger partial charge in [-0.15, -0.1) is 0 Å². The van der Waals surface area contributed by atoms with Crippen LogP contribution in [0.15, 0.2) is 70.1 Å². The van der Waals surface area contributed by atoms with Crippen molar-refractivity contribution in [2.45, 2.75) is 13.8 Å².